The maximum absolute atomic E-state index is 12.6. The van der Waals surface area contributed by atoms with E-state index in [1.165, 1.54) is 0 Å². The lowest BCUT2D eigenvalue weighted by molar-refractivity contribution is -0.161. The largest absolute Gasteiger partial charge is 0.396 e. The van der Waals surface area contributed by atoms with Gasteiger partial charge < -0.3 is 20.0 Å². The molecule has 0 saturated carbocycles. The zero-order valence-corrected chi connectivity index (χ0v) is 15.5. The van der Waals surface area contributed by atoms with Gasteiger partial charge in [-0.25, -0.2) is 0 Å². The summed E-state index contributed by atoms with van der Waals surface area (Å²) in [6, 6.07) is 9.84. The molecule has 146 valence electrons. The molecule has 7 nitrogen and oxygen atoms in total. The normalized spacial score (nSPS) is 26.7. The topological polar surface area (TPSA) is 84.3 Å². The van der Waals surface area contributed by atoms with Gasteiger partial charge in [-0.15, -0.1) is 0 Å². The molecule has 7 heteroatoms. The zero-order chi connectivity index (χ0) is 19.0. The lowest BCUT2D eigenvalue weighted by Crippen LogP contribution is -2.79. The number of hydrogen-bond donors (Lipinski definition) is 2. The van der Waals surface area contributed by atoms with Gasteiger partial charge in [-0.2, -0.15) is 0 Å². The summed E-state index contributed by atoms with van der Waals surface area (Å²) in [6.45, 7) is 2.78. The second-order valence-corrected chi connectivity index (χ2v) is 8.08. The molecule has 3 heterocycles. The average Bonchev–Trinajstić information content (AvgIpc) is 3.00. The first-order chi connectivity index (χ1) is 13.0. The van der Waals surface area contributed by atoms with Crippen LogP contribution in [-0.2, 0) is 16.0 Å². The summed E-state index contributed by atoms with van der Waals surface area (Å²) in [4.78, 5) is 31.0. The molecule has 3 saturated heterocycles. The average molecular weight is 373 g/mol. The molecule has 27 heavy (non-hydrogen) atoms. The molecule has 3 aliphatic rings. The number of fused-ring (bicyclic) bond motifs is 2. The Labute approximate surface area is 159 Å². The van der Waals surface area contributed by atoms with E-state index in [4.69, 9.17) is 5.11 Å². The summed E-state index contributed by atoms with van der Waals surface area (Å²) in [5.74, 6) is 0.0499. The van der Waals surface area contributed by atoms with Crippen LogP contribution in [0.4, 0.5) is 0 Å². The fraction of sp³-hybridized carbons (Fsp3) is 0.600. The van der Waals surface area contributed by atoms with Crippen LogP contribution in [-0.4, -0.2) is 93.7 Å². The van der Waals surface area contributed by atoms with E-state index >= 15 is 0 Å². The zero-order valence-electron chi connectivity index (χ0n) is 15.5. The summed E-state index contributed by atoms with van der Waals surface area (Å²) >= 11 is 0. The predicted molar refractivity (Wildman–Crippen MR) is 98.9 cm³/mol. The van der Waals surface area contributed by atoms with Gasteiger partial charge in [0.05, 0.1) is 24.7 Å². The molecule has 2 amide bonds. The molecule has 2 N–H and O–H groups in total. The van der Waals surface area contributed by atoms with E-state index in [1.54, 1.807) is 0 Å². The van der Waals surface area contributed by atoms with Crippen LogP contribution in [0.2, 0.25) is 0 Å². The molecule has 3 fully saturated rings. The van der Waals surface area contributed by atoms with Crippen LogP contribution in [0.5, 0.6) is 0 Å². The Balaban J connectivity index is 1.45. The minimum absolute atomic E-state index is 0.0491. The third-order valence-corrected chi connectivity index (χ3v) is 6.12. The van der Waals surface area contributed by atoms with Crippen molar-refractivity contribution in [2.24, 2.45) is 0 Å². The van der Waals surface area contributed by atoms with Crippen molar-refractivity contribution in [2.45, 2.75) is 36.9 Å². The Morgan fingerprint density at radius 2 is 1.74 bits per heavy atom. The molecule has 0 unspecified atom stereocenters. The maximum atomic E-state index is 12.6. The number of aliphatic hydroxyl groups excluding tert-OH is 2. The first kappa shape index (κ1) is 18.4. The first-order valence-corrected chi connectivity index (χ1v) is 9.66. The molecule has 0 bridgehead atoms. The van der Waals surface area contributed by atoms with Crippen molar-refractivity contribution < 1.29 is 19.8 Å². The molecule has 1 spiro atoms. The van der Waals surface area contributed by atoms with Crippen molar-refractivity contribution in [3.8, 4) is 0 Å². The van der Waals surface area contributed by atoms with Gasteiger partial charge in [0.2, 0.25) is 11.8 Å². The standard InChI is InChI=1S/C20H27N3O4/c24-7-6-18(26)21-10-16-9-17(25)11-23(16)20(12-21)13-22(14-20)19(27)8-15-4-2-1-3-5-15/h1-5,16-17,24-25H,6-14H2/t16-,17-/m1/s1. The molecule has 0 radical (unpaired) electrons. The number of nitrogens with zero attached hydrogens (tertiary/aromatic N) is 3. The number of hydrogen-bond acceptors (Lipinski definition) is 5. The molecular weight excluding hydrogens is 346 g/mol. The van der Waals surface area contributed by atoms with E-state index in [9.17, 15) is 14.7 Å². The molecule has 3 aliphatic heterocycles. The fourth-order valence-corrected chi connectivity index (χ4v) is 4.86. The highest BCUT2D eigenvalue weighted by Gasteiger charge is 2.57. The maximum Gasteiger partial charge on any atom is 0.227 e. The minimum atomic E-state index is -0.381. The van der Waals surface area contributed by atoms with Crippen LogP contribution in [0.3, 0.4) is 0 Å². The third kappa shape index (κ3) is 3.47. The second kappa shape index (κ2) is 7.22. The quantitative estimate of drug-likeness (QED) is 0.741. The van der Waals surface area contributed by atoms with Crippen LogP contribution in [0.1, 0.15) is 18.4 Å². The van der Waals surface area contributed by atoms with Gasteiger partial charge in [-0.1, -0.05) is 30.3 Å². The second-order valence-electron chi connectivity index (χ2n) is 8.08. The smallest absolute Gasteiger partial charge is 0.227 e. The highest BCUT2D eigenvalue weighted by molar-refractivity contribution is 5.80. The molecule has 2 atom stereocenters. The molecular formula is C20H27N3O4. The van der Waals surface area contributed by atoms with E-state index in [-0.39, 0.29) is 42.5 Å². The Kier molecular flexibility index (Phi) is 4.92. The number of amides is 2. The SMILES string of the molecule is O=C(CCO)N1C[C@H]2C[C@@H](O)CN2C2(C1)CN(C(=O)Cc1ccccc1)C2. The molecule has 0 aliphatic carbocycles. The summed E-state index contributed by atoms with van der Waals surface area (Å²) in [5.41, 5.74) is 0.735. The Bertz CT molecular complexity index is 704. The van der Waals surface area contributed by atoms with E-state index < -0.39 is 0 Å². The van der Waals surface area contributed by atoms with E-state index in [1.807, 2.05) is 40.1 Å². The number of carbonyl (C=O) groups is 2. The Hall–Kier alpha value is -1.96. The highest BCUT2D eigenvalue weighted by Crippen LogP contribution is 2.39. The minimum Gasteiger partial charge on any atom is -0.396 e. The summed E-state index contributed by atoms with van der Waals surface area (Å²) in [5, 5.41) is 19.2. The first-order valence-electron chi connectivity index (χ1n) is 9.66. The van der Waals surface area contributed by atoms with Crippen molar-refractivity contribution in [1.82, 2.24) is 14.7 Å². The van der Waals surface area contributed by atoms with Crippen LogP contribution < -0.4 is 0 Å². The Morgan fingerprint density at radius 1 is 1.04 bits per heavy atom. The van der Waals surface area contributed by atoms with Gasteiger partial charge in [-0.3, -0.25) is 14.5 Å². The number of piperazine rings is 1. The van der Waals surface area contributed by atoms with Gasteiger partial charge in [0.1, 0.15) is 0 Å². The van der Waals surface area contributed by atoms with E-state index in [0.29, 0.717) is 45.6 Å². The molecule has 1 aromatic rings. The lowest BCUT2D eigenvalue weighted by atomic mass is 9.83. The van der Waals surface area contributed by atoms with Crippen LogP contribution in [0.25, 0.3) is 0 Å². The van der Waals surface area contributed by atoms with Crippen molar-refractivity contribution in [3.05, 3.63) is 35.9 Å². The number of aliphatic hydroxyl groups is 2. The molecule has 0 aromatic heterocycles. The van der Waals surface area contributed by atoms with Crippen molar-refractivity contribution in [2.75, 3.05) is 39.3 Å². The van der Waals surface area contributed by atoms with Gasteiger partial charge in [-0.05, 0) is 12.0 Å². The fourth-order valence-electron chi connectivity index (χ4n) is 4.86. The number of β-amino-alcohol motifs (C(OH)–C–C–N with tert-alkyl or cyclic N) is 1. The predicted octanol–water partition coefficient (Wildman–Crippen LogP) is -0.530. The number of carbonyl (C=O) groups excluding carboxylic acids is 2. The molecule has 1 aromatic carbocycles. The summed E-state index contributed by atoms with van der Waals surface area (Å²) in [7, 11) is 0. The van der Waals surface area contributed by atoms with E-state index in [0.717, 1.165) is 5.56 Å². The van der Waals surface area contributed by atoms with Gasteiger partial charge >= 0.3 is 0 Å². The van der Waals surface area contributed by atoms with Gasteiger partial charge in [0, 0.05) is 45.2 Å². The summed E-state index contributed by atoms with van der Waals surface area (Å²) in [6.07, 6.45) is 0.787. The molecule has 4 rings (SSSR count). The highest BCUT2D eigenvalue weighted by atomic mass is 16.3. The van der Waals surface area contributed by atoms with E-state index in [2.05, 4.69) is 4.90 Å². The van der Waals surface area contributed by atoms with Crippen LogP contribution in [0.15, 0.2) is 30.3 Å². The van der Waals surface area contributed by atoms with Crippen LogP contribution in [0, 0.1) is 0 Å². The van der Waals surface area contributed by atoms with Gasteiger partial charge in [0.25, 0.3) is 0 Å². The Morgan fingerprint density at radius 3 is 2.44 bits per heavy atom. The lowest BCUT2D eigenvalue weighted by Gasteiger charge is -2.60. The monoisotopic (exact) mass is 373 g/mol. The van der Waals surface area contributed by atoms with Crippen molar-refractivity contribution >= 4 is 11.8 Å². The van der Waals surface area contributed by atoms with Crippen molar-refractivity contribution in [1.29, 1.82) is 0 Å². The van der Waals surface area contributed by atoms with Crippen LogP contribution >= 0.6 is 0 Å². The number of benzene rings is 1. The summed E-state index contributed by atoms with van der Waals surface area (Å²) < 4.78 is 0. The van der Waals surface area contributed by atoms with Crippen molar-refractivity contribution in [3.63, 3.8) is 0 Å². The third-order valence-electron chi connectivity index (χ3n) is 6.12. The number of rotatable bonds is 4. The van der Waals surface area contributed by atoms with Gasteiger partial charge in [0.15, 0.2) is 0 Å². The number of likely N-dealkylation sites (tertiary alicyclic amines) is 1.